The van der Waals surface area contributed by atoms with Gasteiger partial charge in [0.25, 0.3) is 0 Å². The number of aromatic nitrogens is 1. The van der Waals surface area contributed by atoms with Crippen molar-refractivity contribution in [2.24, 2.45) is 16.5 Å². The third kappa shape index (κ3) is 3.36. The lowest BCUT2D eigenvalue weighted by molar-refractivity contribution is 0.255. The van der Waals surface area contributed by atoms with Crippen molar-refractivity contribution in [2.45, 2.75) is 32.4 Å². The Morgan fingerprint density at radius 1 is 1.24 bits per heavy atom. The van der Waals surface area contributed by atoms with Crippen LogP contribution in [0.5, 0.6) is 0 Å². The topological polar surface area (TPSA) is 127 Å². The molecular formula is C20H22N6O3. The first-order chi connectivity index (χ1) is 13.8. The van der Waals surface area contributed by atoms with Gasteiger partial charge in [-0.05, 0) is 24.3 Å². The number of hydrogen-bond donors (Lipinski definition) is 2. The second-order valence-corrected chi connectivity index (χ2v) is 7.77. The van der Waals surface area contributed by atoms with Crippen LogP contribution in [-0.2, 0) is 5.41 Å². The quantitative estimate of drug-likeness (QED) is 0.693. The molecule has 0 saturated carbocycles. The van der Waals surface area contributed by atoms with Gasteiger partial charge >= 0.3 is 6.03 Å². The van der Waals surface area contributed by atoms with Crippen LogP contribution >= 0.6 is 0 Å². The van der Waals surface area contributed by atoms with Gasteiger partial charge < -0.3 is 25.3 Å². The number of amides is 2. The Bertz CT molecular complexity index is 1080. The van der Waals surface area contributed by atoms with Gasteiger partial charge in [0.1, 0.15) is 18.3 Å². The Labute approximate surface area is 167 Å². The van der Waals surface area contributed by atoms with E-state index in [0.717, 1.165) is 11.3 Å². The lowest BCUT2D eigenvalue weighted by Gasteiger charge is -2.29. The smallest absolute Gasteiger partial charge is 0.325 e. The summed E-state index contributed by atoms with van der Waals surface area (Å²) in [6, 6.07) is 10.0. The summed E-state index contributed by atoms with van der Waals surface area (Å²) < 4.78 is 10.7. The van der Waals surface area contributed by atoms with Gasteiger partial charge in [-0.1, -0.05) is 32.0 Å². The van der Waals surface area contributed by atoms with E-state index in [1.165, 1.54) is 4.90 Å². The molecule has 1 aromatic carbocycles. The number of rotatable bonds is 3. The number of benzene rings is 1. The third-order valence-corrected chi connectivity index (χ3v) is 4.66. The van der Waals surface area contributed by atoms with Crippen molar-refractivity contribution >= 4 is 35.4 Å². The fourth-order valence-electron chi connectivity index (χ4n) is 3.09. The minimum atomic E-state index is -0.676. The van der Waals surface area contributed by atoms with Gasteiger partial charge in [-0.3, -0.25) is 0 Å². The molecule has 4 rings (SSSR count). The zero-order valence-corrected chi connectivity index (χ0v) is 16.4. The number of carbonyl (C=O) groups is 1. The van der Waals surface area contributed by atoms with E-state index in [0.29, 0.717) is 23.1 Å². The van der Waals surface area contributed by atoms with Crippen molar-refractivity contribution < 1.29 is 13.7 Å². The number of carbonyl (C=O) groups excluding carboxylic acids is 1. The zero-order valence-electron chi connectivity index (χ0n) is 16.4. The largest absolute Gasteiger partial charge is 0.446 e. The van der Waals surface area contributed by atoms with Crippen LogP contribution in [0, 0.1) is 0 Å². The maximum absolute atomic E-state index is 12.2. The maximum Gasteiger partial charge on any atom is 0.325 e. The fraction of sp³-hybridized carbons (Fsp3) is 0.250. The van der Waals surface area contributed by atoms with Crippen LogP contribution in [-0.4, -0.2) is 17.5 Å². The molecule has 9 nitrogen and oxygen atoms in total. The van der Waals surface area contributed by atoms with Crippen molar-refractivity contribution in [2.75, 3.05) is 9.80 Å². The van der Waals surface area contributed by atoms with E-state index in [1.54, 1.807) is 47.8 Å². The summed E-state index contributed by atoms with van der Waals surface area (Å²) in [5.41, 5.74) is 13.8. The molecule has 0 radical (unpaired) electrons. The molecule has 0 bridgehead atoms. The second kappa shape index (κ2) is 6.78. The number of hydrogen-bond acceptors (Lipinski definition) is 7. The van der Waals surface area contributed by atoms with E-state index in [2.05, 4.69) is 10.1 Å². The average molecular weight is 394 g/mol. The first kappa shape index (κ1) is 18.8. The van der Waals surface area contributed by atoms with Crippen molar-refractivity contribution in [1.29, 1.82) is 0 Å². The molecule has 29 heavy (non-hydrogen) atoms. The highest BCUT2D eigenvalue weighted by Crippen LogP contribution is 2.36. The predicted octanol–water partition coefficient (Wildman–Crippen LogP) is 3.92. The molecular weight excluding hydrogens is 372 g/mol. The molecule has 9 heteroatoms. The summed E-state index contributed by atoms with van der Waals surface area (Å²) in [6.07, 6.45) is 2.67. The summed E-state index contributed by atoms with van der Waals surface area (Å²) in [4.78, 5) is 19.6. The summed E-state index contributed by atoms with van der Waals surface area (Å²) in [7, 11) is 0. The fourth-order valence-corrected chi connectivity index (χ4v) is 3.09. The lowest BCUT2D eigenvalue weighted by atomic mass is 9.93. The van der Waals surface area contributed by atoms with Crippen LogP contribution in [0.2, 0.25) is 0 Å². The lowest BCUT2D eigenvalue weighted by Crippen LogP contribution is -2.35. The molecule has 0 spiro atoms. The van der Waals surface area contributed by atoms with Crippen LogP contribution in [0.1, 0.15) is 38.3 Å². The van der Waals surface area contributed by atoms with E-state index in [4.69, 9.17) is 20.4 Å². The summed E-state index contributed by atoms with van der Waals surface area (Å²) in [5.74, 6) is 1.45. The molecule has 3 heterocycles. The molecule has 2 aromatic heterocycles. The molecule has 1 unspecified atom stereocenters. The van der Waals surface area contributed by atoms with E-state index < -0.39 is 12.2 Å². The molecule has 0 aliphatic carbocycles. The number of anilines is 3. The Morgan fingerprint density at radius 2 is 2.03 bits per heavy atom. The van der Waals surface area contributed by atoms with Crippen LogP contribution in [0.25, 0.3) is 0 Å². The van der Waals surface area contributed by atoms with Crippen LogP contribution in [0.4, 0.5) is 27.9 Å². The minimum absolute atomic E-state index is 0.254. The first-order valence-electron chi connectivity index (χ1n) is 9.08. The molecule has 2 amide bonds. The van der Waals surface area contributed by atoms with Gasteiger partial charge in [0.15, 0.2) is 5.82 Å². The molecule has 1 atom stereocenters. The number of nitrogens with zero attached hydrogens (tertiary/aromatic N) is 4. The normalized spacial score (nSPS) is 16.0. The van der Waals surface area contributed by atoms with Crippen LogP contribution < -0.4 is 21.3 Å². The molecule has 1 aliphatic heterocycles. The first-order valence-corrected chi connectivity index (χ1v) is 9.08. The Morgan fingerprint density at radius 3 is 2.72 bits per heavy atom. The van der Waals surface area contributed by atoms with Crippen LogP contribution in [0.3, 0.4) is 0 Å². The highest BCUT2D eigenvalue weighted by Gasteiger charge is 2.27. The van der Waals surface area contributed by atoms with E-state index in [-0.39, 0.29) is 5.41 Å². The molecule has 3 aromatic rings. The number of urea groups is 1. The molecule has 0 saturated heterocycles. The van der Waals surface area contributed by atoms with Crippen LogP contribution in [0.15, 0.2) is 56.6 Å². The van der Waals surface area contributed by atoms with Gasteiger partial charge in [-0.15, -0.1) is 0 Å². The summed E-state index contributed by atoms with van der Waals surface area (Å²) >= 11 is 0. The number of aliphatic imine (C=N–C) groups is 1. The standard InChI is InChI=1S/C20H22N6O3/c1-20(2,3)15-10-16(24-29-15)26(19(22)27)13-6-4-5-12(9-13)25-11-23-18-14(17(25)21)7-8-28-18/h4-11,17H,21H2,1-3H3,(H2,22,27). The van der Waals surface area contributed by atoms with Gasteiger partial charge in [-0.2, -0.15) is 0 Å². The minimum Gasteiger partial charge on any atom is -0.446 e. The summed E-state index contributed by atoms with van der Waals surface area (Å²) in [5, 5.41) is 4.03. The zero-order chi connectivity index (χ0) is 20.8. The van der Waals surface area contributed by atoms with Crippen molar-refractivity contribution in [3.63, 3.8) is 0 Å². The van der Waals surface area contributed by atoms with Gasteiger partial charge in [0.05, 0.1) is 17.5 Å². The Balaban J connectivity index is 1.70. The van der Waals surface area contributed by atoms with Crippen molar-refractivity contribution in [3.8, 4) is 0 Å². The number of furan rings is 1. The van der Waals surface area contributed by atoms with Crippen molar-refractivity contribution in [1.82, 2.24) is 5.16 Å². The van der Waals surface area contributed by atoms with E-state index in [1.807, 2.05) is 26.8 Å². The van der Waals surface area contributed by atoms with Gasteiger partial charge in [0, 0.05) is 17.2 Å². The predicted molar refractivity (Wildman–Crippen MR) is 110 cm³/mol. The van der Waals surface area contributed by atoms with E-state index >= 15 is 0 Å². The Kier molecular flexibility index (Phi) is 4.39. The highest BCUT2D eigenvalue weighted by atomic mass is 16.5. The molecule has 4 N–H and O–H groups in total. The highest BCUT2D eigenvalue weighted by molar-refractivity contribution is 5.98. The average Bonchev–Trinajstić information content (AvgIpc) is 3.32. The Hall–Kier alpha value is -3.59. The molecule has 150 valence electrons. The monoisotopic (exact) mass is 394 g/mol. The number of nitrogens with two attached hydrogens (primary N) is 2. The third-order valence-electron chi connectivity index (χ3n) is 4.66. The van der Waals surface area contributed by atoms with Gasteiger partial charge in [0.2, 0.25) is 5.88 Å². The maximum atomic E-state index is 12.2. The second-order valence-electron chi connectivity index (χ2n) is 7.77. The van der Waals surface area contributed by atoms with Gasteiger partial charge in [-0.25, -0.2) is 14.7 Å². The number of primary amides is 1. The molecule has 0 fully saturated rings. The van der Waals surface area contributed by atoms with Crippen molar-refractivity contribution in [3.05, 3.63) is 54.0 Å². The SMILES string of the molecule is CC(C)(C)c1cc(N(C(N)=O)c2cccc(N3C=Nc4occc4C3N)c2)no1. The van der Waals surface area contributed by atoms with E-state index in [9.17, 15) is 4.79 Å². The summed E-state index contributed by atoms with van der Waals surface area (Å²) in [6.45, 7) is 5.98. The molecule has 1 aliphatic rings. The number of fused-ring (bicyclic) bond motifs is 1.